The molecule has 0 radical (unpaired) electrons. The van der Waals surface area contributed by atoms with E-state index in [-0.39, 0.29) is 0 Å². The number of hydrogen-bond acceptors (Lipinski definition) is 4. The number of pyridine rings is 1. The molecule has 1 N–H and O–H groups in total. The van der Waals surface area contributed by atoms with Gasteiger partial charge in [0, 0.05) is 22.8 Å². The van der Waals surface area contributed by atoms with E-state index in [1.54, 1.807) is 6.20 Å². The zero-order valence-corrected chi connectivity index (χ0v) is 9.62. The molecule has 4 nitrogen and oxygen atoms in total. The number of carbonyl (C=O) groups is 1. The summed E-state index contributed by atoms with van der Waals surface area (Å²) in [6.45, 7) is 2.43. The second kappa shape index (κ2) is 4.85. The zero-order valence-electron chi connectivity index (χ0n) is 8.80. The Labute approximate surface area is 97.4 Å². The van der Waals surface area contributed by atoms with Gasteiger partial charge in [-0.3, -0.25) is 9.78 Å². The number of nitrogens with one attached hydrogen (secondary N) is 1. The SMILES string of the molecule is Cc1ccc(-c2csc(CNC=O)n2)cn1. The molecule has 0 unspecified atom stereocenters. The van der Waals surface area contributed by atoms with Crippen LogP contribution in [0.1, 0.15) is 10.7 Å². The van der Waals surface area contributed by atoms with Crippen LogP contribution in [-0.2, 0) is 11.3 Å². The molecule has 0 aliphatic carbocycles. The number of aromatic nitrogens is 2. The first kappa shape index (κ1) is 10.8. The molecule has 1 amide bonds. The lowest BCUT2D eigenvalue weighted by molar-refractivity contribution is -0.109. The van der Waals surface area contributed by atoms with Crippen LogP contribution in [0.15, 0.2) is 23.7 Å². The maximum Gasteiger partial charge on any atom is 0.207 e. The number of nitrogens with zero attached hydrogens (tertiary/aromatic N) is 2. The average molecular weight is 233 g/mol. The summed E-state index contributed by atoms with van der Waals surface area (Å²) in [5, 5.41) is 5.45. The Morgan fingerprint density at radius 3 is 3.06 bits per heavy atom. The Morgan fingerprint density at radius 2 is 2.38 bits per heavy atom. The molecule has 16 heavy (non-hydrogen) atoms. The molecule has 0 saturated carbocycles. The van der Waals surface area contributed by atoms with E-state index in [1.165, 1.54) is 11.3 Å². The Kier molecular flexibility index (Phi) is 3.26. The third kappa shape index (κ3) is 2.43. The van der Waals surface area contributed by atoms with Gasteiger partial charge < -0.3 is 5.32 Å². The first-order valence-corrected chi connectivity index (χ1v) is 5.72. The van der Waals surface area contributed by atoms with Gasteiger partial charge >= 0.3 is 0 Å². The number of amides is 1. The summed E-state index contributed by atoms with van der Waals surface area (Å²) in [7, 11) is 0. The number of thiazole rings is 1. The van der Waals surface area contributed by atoms with Crippen molar-refractivity contribution in [1.82, 2.24) is 15.3 Å². The van der Waals surface area contributed by atoms with E-state index in [9.17, 15) is 4.79 Å². The number of carbonyl (C=O) groups excluding carboxylic acids is 1. The van der Waals surface area contributed by atoms with Crippen molar-refractivity contribution >= 4 is 17.7 Å². The molecule has 2 rings (SSSR count). The fourth-order valence-electron chi connectivity index (χ4n) is 1.27. The monoisotopic (exact) mass is 233 g/mol. The standard InChI is InChI=1S/C11H11N3OS/c1-8-2-3-9(4-13-8)10-6-16-11(14-10)5-12-7-15/h2-4,6-7H,5H2,1H3,(H,12,15). The van der Waals surface area contributed by atoms with Crippen molar-refractivity contribution in [2.45, 2.75) is 13.5 Å². The predicted molar refractivity (Wildman–Crippen MR) is 63.0 cm³/mol. The summed E-state index contributed by atoms with van der Waals surface area (Å²) in [6.07, 6.45) is 2.48. The smallest absolute Gasteiger partial charge is 0.207 e. The summed E-state index contributed by atoms with van der Waals surface area (Å²) in [6, 6.07) is 3.95. The molecule has 0 saturated heterocycles. The van der Waals surface area contributed by atoms with Crippen LogP contribution in [0.25, 0.3) is 11.3 Å². The molecule has 0 aromatic carbocycles. The highest BCUT2D eigenvalue weighted by atomic mass is 32.1. The van der Waals surface area contributed by atoms with E-state index in [4.69, 9.17) is 0 Å². The van der Waals surface area contributed by atoms with E-state index >= 15 is 0 Å². The summed E-state index contributed by atoms with van der Waals surface area (Å²) < 4.78 is 0. The van der Waals surface area contributed by atoms with Crippen LogP contribution < -0.4 is 5.32 Å². The molecule has 5 heteroatoms. The first-order valence-electron chi connectivity index (χ1n) is 4.84. The zero-order chi connectivity index (χ0) is 11.4. The van der Waals surface area contributed by atoms with Crippen molar-refractivity contribution in [3.63, 3.8) is 0 Å². The molecule has 2 aromatic rings. The van der Waals surface area contributed by atoms with E-state index < -0.39 is 0 Å². The molecule has 0 fully saturated rings. The quantitative estimate of drug-likeness (QED) is 0.819. The van der Waals surface area contributed by atoms with E-state index in [2.05, 4.69) is 15.3 Å². The summed E-state index contributed by atoms with van der Waals surface area (Å²) >= 11 is 1.53. The maximum atomic E-state index is 10.1. The second-order valence-electron chi connectivity index (χ2n) is 3.31. The van der Waals surface area contributed by atoms with Crippen molar-refractivity contribution < 1.29 is 4.79 Å². The minimum absolute atomic E-state index is 0.480. The van der Waals surface area contributed by atoms with Crippen LogP contribution >= 0.6 is 11.3 Å². The van der Waals surface area contributed by atoms with Gasteiger partial charge in [-0.15, -0.1) is 11.3 Å². The lowest BCUT2D eigenvalue weighted by atomic mass is 10.2. The van der Waals surface area contributed by atoms with Crippen molar-refractivity contribution in [1.29, 1.82) is 0 Å². The lowest BCUT2D eigenvalue weighted by Crippen LogP contribution is -2.09. The van der Waals surface area contributed by atoms with Gasteiger partial charge in [0.15, 0.2) is 0 Å². The molecule has 0 spiro atoms. The van der Waals surface area contributed by atoms with Gasteiger partial charge in [-0.05, 0) is 19.1 Å². The molecule has 2 aromatic heterocycles. The molecule has 0 aliphatic rings. The van der Waals surface area contributed by atoms with Crippen LogP contribution in [0.2, 0.25) is 0 Å². The molecular weight excluding hydrogens is 222 g/mol. The largest absolute Gasteiger partial charge is 0.352 e. The number of hydrogen-bond donors (Lipinski definition) is 1. The molecule has 82 valence electrons. The molecular formula is C11H11N3OS. The number of aryl methyl sites for hydroxylation is 1. The van der Waals surface area contributed by atoms with Gasteiger partial charge in [0.1, 0.15) is 5.01 Å². The molecule has 2 heterocycles. The average Bonchev–Trinajstić information content (AvgIpc) is 2.76. The number of rotatable bonds is 4. The fraction of sp³-hybridized carbons (Fsp3) is 0.182. The highest BCUT2D eigenvalue weighted by Gasteiger charge is 2.04. The Morgan fingerprint density at radius 1 is 1.50 bits per heavy atom. The third-order valence-corrected chi connectivity index (χ3v) is 2.94. The van der Waals surface area contributed by atoms with Crippen molar-refractivity contribution in [2.75, 3.05) is 0 Å². The third-order valence-electron chi connectivity index (χ3n) is 2.10. The fourth-order valence-corrected chi connectivity index (χ4v) is 2.03. The van der Waals surface area contributed by atoms with Crippen LogP contribution in [0, 0.1) is 6.92 Å². The van der Waals surface area contributed by atoms with Gasteiger partial charge in [0.2, 0.25) is 6.41 Å². The second-order valence-corrected chi connectivity index (χ2v) is 4.26. The Bertz CT molecular complexity index is 478. The van der Waals surface area contributed by atoms with Gasteiger partial charge in [0.05, 0.1) is 12.2 Å². The predicted octanol–water partition coefficient (Wildman–Crippen LogP) is 1.76. The maximum absolute atomic E-state index is 10.1. The minimum Gasteiger partial charge on any atom is -0.352 e. The van der Waals surface area contributed by atoms with Gasteiger partial charge in [-0.25, -0.2) is 4.98 Å². The van der Waals surface area contributed by atoms with Gasteiger partial charge in [-0.2, -0.15) is 0 Å². The Hall–Kier alpha value is -1.75. The summed E-state index contributed by atoms with van der Waals surface area (Å²) in [4.78, 5) is 18.8. The van der Waals surface area contributed by atoms with E-state index in [0.29, 0.717) is 13.0 Å². The summed E-state index contributed by atoms with van der Waals surface area (Å²) in [5.41, 5.74) is 2.89. The highest BCUT2D eigenvalue weighted by Crippen LogP contribution is 2.21. The van der Waals surface area contributed by atoms with Crippen molar-refractivity contribution in [3.05, 3.63) is 34.4 Å². The van der Waals surface area contributed by atoms with Gasteiger partial charge in [0.25, 0.3) is 0 Å². The summed E-state index contributed by atoms with van der Waals surface area (Å²) in [5.74, 6) is 0. The van der Waals surface area contributed by atoms with Crippen molar-refractivity contribution in [2.24, 2.45) is 0 Å². The van der Waals surface area contributed by atoms with Crippen LogP contribution in [0.4, 0.5) is 0 Å². The van der Waals surface area contributed by atoms with Gasteiger partial charge in [-0.1, -0.05) is 0 Å². The molecule has 0 bridgehead atoms. The van der Waals surface area contributed by atoms with Crippen LogP contribution in [0.3, 0.4) is 0 Å². The molecule has 0 aliphatic heterocycles. The van der Waals surface area contributed by atoms with Crippen LogP contribution in [-0.4, -0.2) is 16.4 Å². The van der Waals surface area contributed by atoms with Crippen molar-refractivity contribution in [3.8, 4) is 11.3 Å². The van der Waals surface area contributed by atoms with Crippen LogP contribution in [0.5, 0.6) is 0 Å². The minimum atomic E-state index is 0.480. The lowest BCUT2D eigenvalue weighted by Gasteiger charge is -1.96. The first-order chi connectivity index (χ1) is 7.79. The van der Waals surface area contributed by atoms with E-state index in [0.717, 1.165) is 22.0 Å². The molecule has 0 atom stereocenters. The van der Waals surface area contributed by atoms with E-state index in [1.807, 2.05) is 24.4 Å². The topological polar surface area (TPSA) is 54.9 Å². The Balaban J connectivity index is 2.17. The normalized spacial score (nSPS) is 10.1. The highest BCUT2D eigenvalue weighted by molar-refractivity contribution is 7.09.